The standard InChI is InChI=1S/C37H52N2/c1-6-31-19-20-35(23-27(31)2)33-17-15-30(16-18-33)26-39(29(4)32-11-8-7-9-12-32)37-14-10-13-34(24-37)28(3)25-38(5)36-21-22-36/h10,13-14,19-20,23-25,30,32-33,36H,4,6-9,11-12,15-18,21-22,26H2,1-3,5H3/b28-25+. The van der Waals surface area contributed by atoms with Crippen LogP contribution < -0.4 is 4.90 Å². The van der Waals surface area contributed by atoms with E-state index in [2.05, 4.69) is 86.3 Å². The zero-order valence-electron chi connectivity index (χ0n) is 25.2. The van der Waals surface area contributed by atoms with Crippen molar-refractivity contribution in [3.63, 3.8) is 0 Å². The number of nitrogens with zero attached hydrogens (tertiary/aromatic N) is 2. The van der Waals surface area contributed by atoms with Crippen molar-refractivity contribution < 1.29 is 0 Å². The van der Waals surface area contributed by atoms with Gasteiger partial charge in [0.1, 0.15) is 0 Å². The molecule has 0 spiro atoms. The smallest absolute Gasteiger partial charge is 0.0414 e. The van der Waals surface area contributed by atoms with Gasteiger partial charge in [0.05, 0.1) is 0 Å². The average Bonchev–Trinajstić information content (AvgIpc) is 3.82. The summed E-state index contributed by atoms with van der Waals surface area (Å²) in [4.78, 5) is 5.05. The zero-order chi connectivity index (χ0) is 27.4. The van der Waals surface area contributed by atoms with Gasteiger partial charge in [-0.1, -0.05) is 63.1 Å². The fourth-order valence-corrected chi connectivity index (χ4v) is 7.24. The lowest BCUT2D eigenvalue weighted by atomic mass is 9.77. The van der Waals surface area contributed by atoms with E-state index in [1.807, 2.05) is 0 Å². The molecule has 0 heterocycles. The van der Waals surface area contributed by atoms with Crippen LogP contribution in [0.5, 0.6) is 0 Å². The van der Waals surface area contributed by atoms with Gasteiger partial charge in [0.25, 0.3) is 0 Å². The van der Waals surface area contributed by atoms with Crippen LogP contribution in [-0.2, 0) is 6.42 Å². The molecule has 0 bridgehead atoms. The molecule has 0 atom stereocenters. The van der Waals surface area contributed by atoms with Gasteiger partial charge in [-0.2, -0.15) is 0 Å². The summed E-state index contributed by atoms with van der Waals surface area (Å²) >= 11 is 0. The minimum Gasteiger partial charge on any atom is -0.377 e. The molecule has 2 nitrogen and oxygen atoms in total. The topological polar surface area (TPSA) is 6.48 Å². The second kappa shape index (κ2) is 12.8. The first kappa shape index (κ1) is 28.1. The maximum atomic E-state index is 4.77. The largest absolute Gasteiger partial charge is 0.377 e. The van der Waals surface area contributed by atoms with E-state index in [9.17, 15) is 0 Å². The first-order chi connectivity index (χ1) is 18.9. The Kier molecular flexibility index (Phi) is 9.21. The molecule has 3 saturated carbocycles. The first-order valence-electron chi connectivity index (χ1n) is 16.0. The van der Waals surface area contributed by atoms with Crippen molar-refractivity contribution in [2.75, 3.05) is 18.5 Å². The predicted molar refractivity (Wildman–Crippen MR) is 169 cm³/mol. The molecule has 0 unspecified atom stereocenters. The van der Waals surface area contributed by atoms with Crippen molar-refractivity contribution in [3.05, 3.63) is 83.2 Å². The van der Waals surface area contributed by atoms with Gasteiger partial charge in [0.15, 0.2) is 0 Å². The summed E-state index contributed by atoms with van der Waals surface area (Å²) in [6, 6.07) is 17.3. The predicted octanol–water partition coefficient (Wildman–Crippen LogP) is 9.89. The first-order valence-corrected chi connectivity index (χ1v) is 16.0. The highest BCUT2D eigenvalue weighted by Gasteiger charge is 2.28. The van der Waals surface area contributed by atoms with Gasteiger partial charge in [-0.05, 0) is 129 Å². The summed E-state index contributed by atoms with van der Waals surface area (Å²) in [6.45, 7) is 12.7. The quantitative estimate of drug-likeness (QED) is 0.305. The Morgan fingerprint density at radius 3 is 2.33 bits per heavy atom. The van der Waals surface area contributed by atoms with Crippen LogP contribution >= 0.6 is 0 Å². The van der Waals surface area contributed by atoms with Crippen LogP contribution in [0.4, 0.5) is 5.69 Å². The fraction of sp³-hybridized carbons (Fsp3) is 0.568. The molecule has 0 amide bonds. The summed E-state index contributed by atoms with van der Waals surface area (Å²) in [5.41, 5.74) is 9.96. The molecule has 0 aromatic heterocycles. The van der Waals surface area contributed by atoms with Crippen LogP contribution in [0.3, 0.4) is 0 Å². The fourth-order valence-electron chi connectivity index (χ4n) is 7.24. The molecule has 2 aromatic carbocycles. The van der Waals surface area contributed by atoms with Crippen molar-refractivity contribution in [2.24, 2.45) is 11.8 Å². The summed E-state index contributed by atoms with van der Waals surface area (Å²) in [7, 11) is 2.23. The highest BCUT2D eigenvalue weighted by molar-refractivity contribution is 5.68. The molecule has 3 aliphatic rings. The maximum absolute atomic E-state index is 4.77. The van der Waals surface area contributed by atoms with Gasteiger partial charge < -0.3 is 9.80 Å². The molecule has 3 fully saturated rings. The Bertz CT molecular complexity index is 1140. The monoisotopic (exact) mass is 524 g/mol. The zero-order valence-corrected chi connectivity index (χ0v) is 25.2. The highest BCUT2D eigenvalue weighted by Crippen LogP contribution is 2.40. The summed E-state index contributed by atoms with van der Waals surface area (Å²) in [5, 5.41) is 0. The molecule has 3 aliphatic carbocycles. The van der Waals surface area contributed by atoms with E-state index in [4.69, 9.17) is 6.58 Å². The molecule has 39 heavy (non-hydrogen) atoms. The number of rotatable bonds is 10. The van der Waals surface area contributed by atoms with Crippen molar-refractivity contribution >= 4 is 11.3 Å². The lowest BCUT2D eigenvalue weighted by Crippen LogP contribution is -2.34. The summed E-state index contributed by atoms with van der Waals surface area (Å²) in [5.74, 6) is 2.09. The summed E-state index contributed by atoms with van der Waals surface area (Å²) in [6.07, 6.45) is 18.1. The molecule has 0 aliphatic heterocycles. The second-order valence-electron chi connectivity index (χ2n) is 13.0. The average molecular weight is 525 g/mol. The van der Waals surface area contributed by atoms with Crippen LogP contribution in [-0.4, -0.2) is 24.5 Å². The van der Waals surface area contributed by atoms with Gasteiger partial charge in [-0.25, -0.2) is 0 Å². The number of aryl methyl sites for hydroxylation is 2. The molecule has 2 aromatic rings. The van der Waals surface area contributed by atoms with Crippen LogP contribution in [0.25, 0.3) is 5.57 Å². The third-order valence-corrected chi connectivity index (χ3v) is 10.1. The minimum atomic E-state index is 0.636. The number of allylic oxidation sites excluding steroid dienone is 2. The van der Waals surface area contributed by atoms with E-state index in [1.165, 1.54) is 104 Å². The van der Waals surface area contributed by atoms with E-state index in [0.717, 1.165) is 30.8 Å². The second-order valence-corrected chi connectivity index (χ2v) is 13.0. The number of hydrogen-bond acceptors (Lipinski definition) is 2. The van der Waals surface area contributed by atoms with Crippen LogP contribution in [0, 0.1) is 18.8 Å². The number of hydrogen-bond donors (Lipinski definition) is 0. The van der Waals surface area contributed by atoms with Crippen molar-refractivity contribution in [1.29, 1.82) is 0 Å². The van der Waals surface area contributed by atoms with E-state index in [-0.39, 0.29) is 0 Å². The number of anilines is 1. The van der Waals surface area contributed by atoms with E-state index >= 15 is 0 Å². The molecular weight excluding hydrogens is 472 g/mol. The highest BCUT2D eigenvalue weighted by atomic mass is 15.1. The van der Waals surface area contributed by atoms with E-state index < -0.39 is 0 Å². The Hall–Kier alpha value is -2.48. The molecule has 210 valence electrons. The minimum absolute atomic E-state index is 0.636. The van der Waals surface area contributed by atoms with Crippen LogP contribution in [0.15, 0.2) is 60.9 Å². The normalized spacial score (nSPS) is 22.5. The van der Waals surface area contributed by atoms with Gasteiger partial charge in [0.2, 0.25) is 0 Å². The van der Waals surface area contributed by atoms with Gasteiger partial charge in [0, 0.05) is 37.2 Å². The van der Waals surface area contributed by atoms with Crippen LogP contribution in [0.1, 0.15) is 113 Å². The molecule has 0 saturated heterocycles. The van der Waals surface area contributed by atoms with Gasteiger partial charge >= 0.3 is 0 Å². The summed E-state index contributed by atoms with van der Waals surface area (Å²) < 4.78 is 0. The third-order valence-electron chi connectivity index (χ3n) is 10.1. The Morgan fingerprint density at radius 1 is 0.923 bits per heavy atom. The molecule has 0 N–H and O–H groups in total. The number of benzene rings is 2. The van der Waals surface area contributed by atoms with Gasteiger partial charge in [-0.3, -0.25) is 0 Å². The van der Waals surface area contributed by atoms with Crippen molar-refractivity contribution in [1.82, 2.24) is 4.90 Å². The lowest BCUT2D eigenvalue weighted by Gasteiger charge is -2.38. The van der Waals surface area contributed by atoms with Crippen LogP contribution in [0.2, 0.25) is 0 Å². The molecular formula is C37H52N2. The lowest BCUT2D eigenvalue weighted by molar-refractivity contribution is 0.323. The Morgan fingerprint density at radius 2 is 1.67 bits per heavy atom. The third kappa shape index (κ3) is 7.00. The SMILES string of the molecule is C=C(C1CCCCC1)N(CC1CCC(c2ccc(CC)c(C)c2)CC1)c1cccc(/C(C)=C/N(C)C2CC2)c1. The molecule has 5 rings (SSSR count). The van der Waals surface area contributed by atoms with E-state index in [0.29, 0.717) is 5.92 Å². The Labute approximate surface area is 239 Å². The van der Waals surface area contributed by atoms with Crippen molar-refractivity contribution in [2.45, 2.75) is 110 Å². The molecule has 0 radical (unpaired) electrons. The van der Waals surface area contributed by atoms with Crippen molar-refractivity contribution in [3.8, 4) is 0 Å². The molecule has 2 heteroatoms. The maximum Gasteiger partial charge on any atom is 0.0414 e. The van der Waals surface area contributed by atoms with E-state index in [1.54, 1.807) is 5.56 Å². The Balaban J connectivity index is 1.31. The van der Waals surface area contributed by atoms with Gasteiger partial charge in [-0.15, -0.1) is 0 Å².